The van der Waals surface area contributed by atoms with Crippen LogP contribution in [0.25, 0.3) is 33.1 Å². The number of aliphatic carboxylic acids is 1. The third-order valence-electron chi connectivity index (χ3n) is 7.86. The van der Waals surface area contributed by atoms with Gasteiger partial charge in [-0.2, -0.15) is 0 Å². The van der Waals surface area contributed by atoms with Crippen LogP contribution in [0, 0.1) is 0 Å². The predicted molar refractivity (Wildman–Crippen MR) is 149 cm³/mol. The molecule has 2 aliphatic heterocycles. The van der Waals surface area contributed by atoms with Gasteiger partial charge in [0.15, 0.2) is 5.60 Å². The lowest BCUT2D eigenvalue weighted by molar-refractivity contribution is -0.220. The molecule has 9 heteroatoms. The van der Waals surface area contributed by atoms with Crippen LogP contribution >= 0.6 is 0 Å². The van der Waals surface area contributed by atoms with E-state index in [2.05, 4.69) is 0 Å². The average molecular weight is 549 g/mol. The lowest BCUT2D eigenvalue weighted by Gasteiger charge is -2.37. The summed E-state index contributed by atoms with van der Waals surface area (Å²) in [4.78, 5) is 44.4. The molecule has 1 N–H and O–H groups in total. The number of para-hydroxylation sites is 1. The zero-order valence-electron chi connectivity index (χ0n) is 22.0. The summed E-state index contributed by atoms with van der Waals surface area (Å²) in [5, 5.41) is 12.8. The molecule has 0 bridgehead atoms. The Balaban J connectivity index is 1.33. The smallest absolute Gasteiger partial charge is 0.373 e. The van der Waals surface area contributed by atoms with Crippen LogP contribution in [0.4, 0.5) is 0 Å². The molecule has 204 valence electrons. The quantitative estimate of drug-likeness (QED) is 0.234. The number of nitrogens with zero attached hydrogens (tertiary/aromatic N) is 2. The Hall–Kier alpha value is -5.02. The third kappa shape index (κ3) is 3.88. The first-order chi connectivity index (χ1) is 19.9. The van der Waals surface area contributed by atoms with Gasteiger partial charge in [-0.05, 0) is 47.5 Å². The molecule has 5 aromatic rings. The highest BCUT2D eigenvalue weighted by Crippen LogP contribution is 2.41. The van der Waals surface area contributed by atoms with Gasteiger partial charge in [0.25, 0.3) is 5.56 Å². The number of cyclic esters (lactones) is 1. The van der Waals surface area contributed by atoms with Gasteiger partial charge in [-0.3, -0.25) is 4.79 Å². The SMILES string of the molecule is CCC1(OC(Oc2ccc3ccccc3c2)C(=O)O)C(=O)OCc2c1cc1n(c2=O)Cc2cc3ccccc3nc2-1. The maximum atomic E-state index is 13.8. The van der Waals surface area contributed by atoms with E-state index < -0.39 is 23.8 Å². The van der Waals surface area contributed by atoms with Crippen LogP contribution in [0.3, 0.4) is 0 Å². The second kappa shape index (κ2) is 9.28. The molecule has 0 fully saturated rings. The van der Waals surface area contributed by atoms with Crippen LogP contribution in [-0.2, 0) is 37.8 Å². The highest BCUT2D eigenvalue weighted by atomic mass is 16.7. The van der Waals surface area contributed by atoms with Crippen molar-refractivity contribution in [1.29, 1.82) is 0 Å². The summed E-state index contributed by atoms with van der Waals surface area (Å²) in [6.45, 7) is 1.76. The molecule has 41 heavy (non-hydrogen) atoms. The number of aromatic nitrogens is 2. The first-order valence-corrected chi connectivity index (χ1v) is 13.3. The highest BCUT2D eigenvalue weighted by Gasteiger charge is 2.51. The van der Waals surface area contributed by atoms with Gasteiger partial charge in [-0.15, -0.1) is 0 Å². The van der Waals surface area contributed by atoms with Gasteiger partial charge >= 0.3 is 18.2 Å². The molecule has 9 nitrogen and oxygen atoms in total. The summed E-state index contributed by atoms with van der Waals surface area (Å²) in [6, 6.07) is 24.1. The topological polar surface area (TPSA) is 117 Å². The molecular weight excluding hydrogens is 524 g/mol. The molecule has 0 spiro atoms. The van der Waals surface area contributed by atoms with Gasteiger partial charge in [0, 0.05) is 16.5 Å². The summed E-state index contributed by atoms with van der Waals surface area (Å²) < 4.78 is 18.9. The number of carbonyl (C=O) groups excluding carboxylic acids is 1. The van der Waals surface area contributed by atoms with E-state index in [0.29, 0.717) is 17.9 Å². The molecule has 0 saturated carbocycles. The van der Waals surface area contributed by atoms with Crippen LogP contribution in [0.2, 0.25) is 0 Å². The first-order valence-electron chi connectivity index (χ1n) is 13.3. The Morgan fingerprint density at radius 1 is 1.02 bits per heavy atom. The van der Waals surface area contributed by atoms with Crippen LogP contribution < -0.4 is 10.3 Å². The summed E-state index contributed by atoms with van der Waals surface area (Å²) in [6.07, 6.45) is -1.86. The number of pyridine rings is 2. The number of benzene rings is 3. The summed E-state index contributed by atoms with van der Waals surface area (Å²) in [5.41, 5.74) is 1.10. The van der Waals surface area contributed by atoms with E-state index in [9.17, 15) is 19.5 Å². The van der Waals surface area contributed by atoms with Crippen molar-refractivity contribution in [2.45, 2.75) is 38.4 Å². The van der Waals surface area contributed by atoms with Gasteiger partial charge in [-0.25, -0.2) is 14.6 Å². The lowest BCUT2D eigenvalue weighted by atomic mass is 9.85. The fourth-order valence-electron chi connectivity index (χ4n) is 5.78. The molecule has 0 aliphatic carbocycles. The number of carbonyl (C=O) groups is 2. The number of fused-ring (bicyclic) bond motifs is 6. The van der Waals surface area contributed by atoms with Gasteiger partial charge in [0.1, 0.15) is 12.4 Å². The van der Waals surface area contributed by atoms with E-state index in [1.54, 1.807) is 29.7 Å². The molecule has 3 aromatic carbocycles. The van der Waals surface area contributed by atoms with Crippen molar-refractivity contribution in [3.8, 4) is 17.1 Å². The van der Waals surface area contributed by atoms with Crippen molar-refractivity contribution < 1.29 is 28.9 Å². The van der Waals surface area contributed by atoms with Crippen molar-refractivity contribution in [1.82, 2.24) is 9.55 Å². The van der Waals surface area contributed by atoms with Gasteiger partial charge in [-0.1, -0.05) is 55.5 Å². The highest BCUT2D eigenvalue weighted by molar-refractivity contribution is 5.87. The lowest BCUT2D eigenvalue weighted by Crippen LogP contribution is -2.50. The number of esters is 1. The molecule has 7 rings (SSSR count). The Morgan fingerprint density at radius 3 is 2.56 bits per heavy atom. The number of carboxylic acid groups (broad SMARTS) is 1. The van der Waals surface area contributed by atoms with E-state index in [0.717, 1.165) is 27.2 Å². The molecule has 2 aliphatic rings. The maximum Gasteiger partial charge on any atom is 0.373 e. The Morgan fingerprint density at radius 2 is 1.78 bits per heavy atom. The second-order valence-electron chi connectivity index (χ2n) is 10.2. The average Bonchev–Trinajstić information content (AvgIpc) is 3.34. The molecule has 0 saturated heterocycles. The third-order valence-corrected chi connectivity index (χ3v) is 7.86. The van der Waals surface area contributed by atoms with E-state index in [1.807, 2.05) is 60.7 Å². The molecule has 0 radical (unpaired) electrons. The minimum atomic E-state index is -1.89. The van der Waals surface area contributed by atoms with Crippen LogP contribution in [0.15, 0.2) is 83.7 Å². The standard InChI is InChI=1S/C32H24N2O7/c1-2-32(41-30(29(36)37)40-22-12-11-18-7-3-4-8-19(18)14-22)24-15-26-27-21(13-20-9-5-6-10-25(20)33-27)16-34(26)28(35)23(24)17-39-31(32)38/h3-15,30H,2,16-17H2,1H3,(H,36,37). The molecule has 2 aromatic heterocycles. The van der Waals surface area contributed by atoms with Gasteiger partial charge in [0.2, 0.25) is 0 Å². The number of hydrogen-bond donors (Lipinski definition) is 1. The largest absolute Gasteiger partial charge is 0.477 e. The molecule has 2 unspecified atom stereocenters. The molecule has 2 atom stereocenters. The number of rotatable bonds is 6. The van der Waals surface area contributed by atoms with E-state index >= 15 is 0 Å². The second-order valence-corrected chi connectivity index (χ2v) is 10.2. The number of ether oxygens (including phenoxy) is 3. The fraction of sp³-hybridized carbons (Fsp3) is 0.188. The predicted octanol–water partition coefficient (Wildman–Crippen LogP) is 4.75. The van der Waals surface area contributed by atoms with Crippen molar-refractivity contribution >= 4 is 33.6 Å². The van der Waals surface area contributed by atoms with Crippen molar-refractivity contribution in [2.75, 3.05) is 0 Å². The van der Waals surface area contributed by atoms with Crippen LogP contribution in [-0.4, -0.2) is 32.9 Å². The first kappa shape index (κ1) is 25.0. The van der Waals surface area contributed by atoms with E-state index in [1.165, 1.54) is 0 Å². The molecular formula is C32H24N2O7. The fourth-order valence-corrected chi connectivity index (χ4v) is 5.78. The van der Waals surface area contributed by atoms with Gasteiger partial charge < -0.3 is 23.9 Å². The number of carboxylic acids is 1. The zero-order chi connectivity index (χ0) is 28.3. The van der Waals surface area contributed by atoms with E-state index in [-0.39, 0.29) is 35.5 Å². The summed E-state index contributed by atoms with van der Waals surface area (Å²) >= 11 is 0. The minimum absolute atomic E-state index is 0.00456. The Kier molecular flexibility index (Phi) is 5.65. The molecule has 4 heterocycles. The van der Waals surface area contributed by atoms with Crippen LogP contribution in [0.1, 0.15) is 30.0 Å². The van der Waals surface area contributed by atoms with Crippen LogP contribution in [0.5, 0.6) is 5.75 Å². The van der Waals surface area contributed by atoms with Crippen molar-refractivity contribution in [2.24, 2.45) is 0 Å². The van der Waals surface area contributed by atoms with Crippen molar-refractivity contribution in [3.63, 3.8) is 0 Å². The summed E-state index contributed by atoms with van der Waals surface area (Å²) in [7, 11) is 0. The maximum absolute atomic E-state index is 13.8. The van der Waals surface area contributed by atoms with Crippen molar-refractivity contribution in [3.05, 3.63) is 106 Å². The van der Waals surface area contributed by atoms with E-state index in [4.69, 9.17) is 19.2 Å². The monoisotopic (exact) mass is 548 g/mol. The zero-order valence-corrected chi connectivity index (χ0v) is 22.0. The molecule has 0 amide bonds. The van der Waals surface area contributed by atoms with Gasteiger partial charge in [0.05, 0.1) is 29.0 Å². The minimum Gasteiger partial charge on any atom is -0.477 e. The summed E-state index contributed by atoms with van der Waals surface area (Å²) in [5.74, 6) is -1.96. The number of hydrogen-bond acceptors (Lipinski definition) is 7. The Bertz CT molecular complexity index is 1960. The normalized spacial score (nSPS) is 17.9. The Labute approximate surface area is 233 Å².